The van der Waals surface area contributed by atoms with Crippen molar-refractivity contribution in [1.82, 2.24) is 14.7 Å². The molecule has 4 rings (SSSR count). The number of rotatable bonds is 5. The molecule has 0 saturated carbocycles. The first-order valence-corrected chi connectivity index (χ1v) is 11.4. The largest absolute Gasteiger partial charge is 0.371 e. The third kappa shape index (κ3) is 4.98. The molecule has 3 aliphatic heterocycles. The van der Waals surface area contributed by atoms with Crippen molar-refractivity contribution in [2.75, 3.05) is 63.8 Å². The van der Waals surface area contributed by atoms with Crippen LogP contribution in [0.5, 0.6) is 0 Å². The molecule has 9 heteroatoms. The van der Waals surface area contributed by atoms with Gasteiger partial charge in [-0.05, 0) is 38.2 Å². The first-order valence-electron chi connectivity index (χ1n) is 11.4. The number of piperidine rings is 1. The molecule has 0 N–H and O–H groups in total. The first-order chi connectivity index (χ1) is 15.0. The molecule has 0 radical (unpaired) electrons. The van der Waals surface area contributed by atoms with E-state index in [1.807, 2.05) is 4.90 Å². The minimum Gasteiger partial charge on any atom is -0.371 e. The van der Waals surface area contributed by atoms with Crippen LogP contribution in [-0.4, -0.2) is 90.3 Å². The van der Waals surface area contributed by atoms with Crippen LogP contribution in [0.3, 0.4) is 0 Å². The van der Waals surface area contributed by atoms with Gasteiger partial charge in [-0.15, -0.1) is 0 Å². The molecule has 3 aliphatic rings. The second kappa shape index (κ2) is 9.64. The summed E-state index contributed by atoms with van der Waals surface area (Å²) >= 11 is 0. The Hall–Kier alpha value is -2.68. The van der Waals surface area contributed by atoms with E-state index >= 15 is 0 Å². The third-order valence-corrected chi connectivity index (χ3v) is 6.60. The molecular formula is C22H31N5O4. The summed E-state index contributed by atoms with van der Waals surface area (Å²) in [6, 6.07) is 4.61. The fraction of sp³-hybridized carbons (Fsp3) is 0.636. The molecular weight excluding hydrogens is 398 g/mol. The monoisotopic (exact) mass is 429 g/mol. The summed E-state index contributed by atoms with van der Waals surface area (Å²) < 4.78 is 0. The van der Waals surface area contributed by atoms with Crippen molar-refractivity contribution in [1.29, 1.82) is 0 Å². The van der Waals surface area contributed by atoms with Gasteiger partial charge >= 0.3 is 0 Å². The van der Waals surface area contributed by atoms with Gasteiger partial charge in [0, 0.05) is 64.5 Å². The summed E-state index contributed by atoms with van der Waals surface area (Å²) in [6.45, 7) is 6.15. The lowest BCUT2D eigenvalue weighted by Gasteiger charge is -2.36. The number of likely N-dealkylation sites (tertiary alicyclic amines) is 1. The zero-order chi connectivity index (χ0) is 21.8. The summed E-state index contributed by atoms with van der Waals surface area (Å²) in [6.07, 6.45) is 5.48. The number of anilines is 1. The van der Waals surface area contributed by atoms with Gasteiger partial charge in [0.05, 0.1) is 22.7 Å². The van der Waals surface area contributed by atoms with Crippen LogP contribution in [0.2, 0.25) is 0 Å². The van der Waals surface area contributed by atoms with Crippen molar-refractivity contribution in [2.45, 2.75) is 32.1 Å². The fourth-order valence-corrected chi connectivity index (χ4v) is 4.76. The van der Waals surface area contributed by atoms with Crippen LogP contribution in [0.1, 0.15) is 42.5 Å². The molecule has 3 saturated heterocycles. The van der Waals surface area contributed by atoms with Crippen LogP contribution in [0.15, 0.2) is 18.2 Å². The number of carbonyl (C=O) groups excluding carboxylic acids is 2. The molecule has 0 aliphatic carbocycles. The predicted octanol–water partition coefficient (Wildman–Crippen LogP) is 1.97. The highest BCUT2D eigenvalue weighted by Gasteiger charge is 2.29. The highest BCUT2D eigenvalue weighted by atomic mass is 16.6. The maximum absolute atomic E-state index is 13.3. The lowest BCUT2D eigenvalue weighted by Crippen LogP contribution is -2.52. The highest BCUT2D eigenvalue weighted by molar-refractivity contribution is 6.00. The highest BCUT2D eigenvalue weighted by Crippen LogP contribution is 2.29. The Balaban J connectivity index is 1.40. The Morgan fingerprint density at radius 1 is 0.839 bits per heavy atom. The smallest absolute Gasteiger partial charge is 0.270 e. The van der Waals surface area contributed by atoms with Gasteiger partial charge in [-0.3, -0.25) is 24.6 Å². The van der Waals surface area contributed by atoms with E-state index in [-0.39, 0.29) is 17.5 Å². The molecule has 3 heterocycles. The zero-order valence-electron chi connectivity index (χ0n) is 18.0. The average Bonchev–Trinajstić information content (AvgIpc) is 3.34. The number of hydrogen-bond donors (Lipinski definition) is 0. The lowest BCUT2D eigenvalue weighted by molar-refractivity contribution is -0.384. The molecule has 0 aromatic heterocycles. The number of carbonyl (C=O) groups is 2. The van der Waals surface area contributed by atoms with Gasteiger partial charge in [0.2, 0.25) is 5.91 Å². The minimum absolute atomic E-state index is 0.0583. The Morgan fingerprint density at radius 2 is 1.48 bits per heavy atom. The summed E-state index contributed by atoms with van der Waals surface area (Å²) in [5.41, 5.74) is 1.14. The quantitative estimate of drug-likeness (QED) is 0.525. The van der Waals surface area contributed by atoms with E-state index in [1.54, 1.807) is 11.0 Å². The second-order valence-corrected chi connectivity index (χ2v) is 8.66. The number of nitro benzene ring substituents is 1. The summed E-state index contributed by atoms with van der Waals surface area (Å²) in [5, 5.41) is 11.3. The van der Waals surface area contributed by atoms with Gasteiger partial charge in [-0.2, -0.15) is 0 Å². The number of piperazine rings is 1. The van der Waals surface area contributed by atoms with E-state index in [0.29, 0.717) is 38.3 Å². The third-order valence-electron chi connectivity index (χ3n) is 6.60. The standard InChI is InChI=1S/C22H31N5O4/c28-21(25-10-2-1-3-11-25)17-23-12-14-26(15-13-23)22(29)19-16-18(27(30)31)6-7-20(19)24-8-4-5-9-24/h6-7,16H,1-5,8-15,17H2. The van der Waals surface area contributed by atoms with E-state index in [2.05, 4.69) is 9.80 Å². The van der Waals surface area contributed by atoms with Crippen molar-refractivity contribution in [3.05, 3.63) is 33.9 Å². The summed E-state index contributed by atoms with van der Waals surface area (Å²) in [5.74, 6) is 0.0158. The SMILES string of the molecule is O=C(CN1CCN(C(=O)c2cc([N+](=O)[O-])ccc2N2CCCC2)CC1)N1CCCCC1. The van der Waals surface area contributed by atoms with Gasteiger partial charge in [0.25, 0.3) is 11.6 Å². The van der Waals surface area contributed by atoms with E-state index in [0.717, 1.165) is 57.5 Å². The molecule has 3 fully saturated rings. The van der Waals surface area contributed by atoms with Crippen LogP contribution < -0.4 is 4.90 Å². The number of non-ortho nitro benzene ring substituents is 1. The number of nitro groups is 1. The normalized spacial score (nSPS) is 20.2. The van der Waals surface area contributed by atoms with Crippen molar-refractivity contribution in [2.24, 2.45) is 0 Å². The van der Waals surface area contributed by atoms with Gasteiger partial charge in [0.1, 0.15) is 0 Å². The molecule has 0 spiro atoms. The van der Waals surface area contributed by atoms with Crippen LogP contribution in [0, 0.1) is 10.1 Å². The van der Waals surface area contributed by atoms with Gasteiger partial charge in [-0.1, -0.05) is 0 Å². The van der Waals surface area contributed by atoms with E-state index in [4.69, 9.17) is 0 Å². The fourth-order valence-electron chi connectivity index (χ4n) is 4.76. The van der Waals surface area contributed by atoms with Crippen molar-refractivity contribution in [3.8, 4) is 0 Å². The maximum atomic E-state index is 13.3. The number of amides is 2. The van der Waals surface area contributed by atoms with Crippen molar-refractivity contribution < 1.29 is 14.5 Å². The second-order valence-electron chi connectivity index (χ2n) is 8.66. The molecule has 31 heavy (non-hydrogen) atoms. The molecule has 0 atom stereocenters. The molecule has 1 aromatic carbocycles. The van der Waals surface area contributed by atoms with Crippen LogP contribution in [-0.2, 0) is 4.79 Å². The van der Waals surface area contributed by atoms with Gasteiger partial charge in [0.15, 0.2) is 0 Å². The Morgan fingerprint density at radius 3 is 2.13 bits per heavy atom. The maximum Gasteiger partial charge on any atom is 0.270 e. The summed E-state index contributed by atoms with van der Waals surface area (Å²) in [4.78, 5) is 44.6. The van der Waals surface area contributed by atoms with E-state index in [9.17, 15) is 19.7 Å². The van der Waals surface area contributed by atoms with Crippen LogP contribution >= 0.6 is 0 Å². The Kier molecular flexibility index (Phi) is 6.70. The predicted molar refractivity (Wildman–Crippen MR) is 117 cm³/mol. The molecule has 0 unspecified atom stereocenters. The summed E-state index contributed by atoms with van der Waals surface area (Å²) in [7, 11) is 0. The van der Waals surface area contributed by atoms with Gasteiger partial charge < -0.3 is 14.7 Å². The molecule has 168 valence electrons. The molecule has 9 nitrogen and oxygen atoms in total. The van der Waals surface area contributed by atoms with Crippen molar-refractivity contribution >= 4 is 23.2 Å². The zero-order valence-corrected chi connectivity index (χ0v) is 18.0. The molecule has 2 amide bonds. The van der Waals surface area contributed by atoms with Crippen molar-refractivity contribution in [3.63, 3.8) is 0 Å². The average molecular weight is 430 g/mol. The van der Waals surface area contributed by atoms with E-state index < -0.39 is 4.92 Å². The van der Waals surface area contributed by atoms with Gasteiger partial charge in [-0.25, -0.2) is 0 Å². The topological polar surface area (TPSA) is 90.2 Å². The van der Waals surface area contributed by atoms with E-state index in [1.165, 1.54) is 18.6 Å². The molecule has 0 bridgehead atoms. The number of hydrogen-bond acceptors (Lipinski definition) is 6. The minimum atomic E-state index is -0.450. The Bertz CT molecular complexity index is 825. The Labute approximate surface area is 182 Å². The van der Waals surface area contributed by atoms with Crippen LogP contribution in [0.4, 0.5) is 11.4 Å². The number of benzene rings is 1. The first kappa shape index (κ1) is 21.5. The molecule has 1 aromatic rings. The van der Waals surface area contributed by atoms with Crippen LogP contribution in [0.25, 0.3) is 0 Å². The number of nitrogens with zero attached hydrogens (tertiary/aromatic N) is 5. The lowest BCUT2D eigenvalue weighted by atomic mass is 10.1.